The third-order valence-corrected chi connectivity index (χ3v) is 3.85. The molecule has 0 N–H and O–H groups in total. The molecule has 4 nitrogen and oxygen atoms in total. The van der Waals surface area contributed by atoms with Crippen LogP contribution in [0.25, 0.3) is 5.69 Å². The molecule has 0 aliphatic carbocycles. The van der Waals surface area contributed by atoms with E-state index >= 15 is 0 Å². The van der Waals surface area contributed by atoms with Crippen LogP contribution in [0.4, 0.5) is 0 Å². The molecular formula is C16H16BrNO3. The Kier molecular flexibility index (Phi) is 4.63. The molecule has 1 aromatic carbocycles. The summed E-state index contributed by atoms with van der Waals surface area (Å²) in [5, 5.41) is 0. The van der Waals surface area contributed by atoms with Crippen molar-refractivity contribution in [2.75, 3.05) is 6.61 Å². The predicted molar refractivity (Wildman–Crippen MR) is 84.3 cm³/mol. The summed E-state index contributed by atoms with van der Waals surface area (Å²) in [5.74, 6) is -0.464. The van der Waals surface area contributed by atoms with Crippen molar-refractivity contribution in [1.82, 2.24) is 4.57 Å². The van der Waals surface area contributed by atoms with E-state index in [9.17, 15) is 9.59 Å². The Labute approximate surface area is 131 Å². The van der Waals surface area contributed by atoms with Crippen molar-refractivity contribution in [3.63, 3.8) is 0 Å². The van der Waals surface area contributed by atoms with Crippen molar-refractivity contribution in [3.05, 3.63) is 51.3 Å². The lowest BCUT2D eigenvalue weighted by molar-refractivity contribution is 0.0523. The summed E-state index contributed by atoms with van der Waals surface area (Å²) in [6, 6.07) is 7.69. The molecule has 1 aromatic heterocycles. The fourth-order valence-corrected chi connectivity index (χ4v) is 2.85. The van der Waals surface area contributed by atoms with Crippen LogP contribution in [0.5, 0.6) is 0 Å². The van der Waals surface area contributed by atoms with Crippen molar-refractivity contribution in [1.29, 1.82) is 0 Å². The summed E-state index contributed by atoms with van der Waals surface area (Å²) in [5.41, 5.74) is 3.03. The molecule has 0 bridgehead atoms. The van der Waals surface area contributed by atoms with E-state index in [0.29, 0.717) is 23.1 Å². The lowest BCUT2D eigenvalue weighted by Crippen LogP contribution is -2.08. The number of hydrogen-bond acceptors (Lipinski definition) is 3. The highest BCUT2D eigenvalue weighted by Gasteiger charge is 2.24. The van der Waals surface area contributed by atoms with Gasteiger partial charge in [0.15, 0.2) is 6.29 Å². The lowest BCUT2D eigenvalue weighted by atomic mass is 10.1. The highest BCUT2D eigenvalue weighted by Crippen LogP contribution is 2.27. The monoisotopic (exact) mass is 349 g/mol. The zero-order chi connectivity index (χ0) is 15.6. The van der Waals surface area contributed by atoms with E-state index in [4.69, 9.17) is 4.74 Å². The lowest BCUT2D eigenvalue weighted by Gasteiger charge is -2.10. The molecule has 5 heteroatoms. The molecule has 0 aliphatic heterocycles. The van der Waals surface area contributed by atoms with Gasteiger partial charge in [-0.05, 0) is 39.0 Å². The Morgan fingerprint density at radius 1 is 1.33 bits per heavy atom. The first kappa shape index (κ1) is 15.5. The number of ether oxygens (including phenoxy) is 1. The minimum absolute atomic E-state index is 0.275. The van der Waals surface area contributed by atoms with E-state index < -0.39 is 5.97 Å². The topological polar surface area (TPSA) is 48.3 Å². The third kappa shape index (κ3) is 2.78. The number of halogens is 1. The maximum absolute atomic E-state index is 12.1. The molecule has 0 saturated heterocycles. The largest absolute Gasteiger partial charge is 0.462 e. The van der Waals surface area contributed by atoms with Crippen LogP contribution in [0.1, 0.15) is 39.0 Å². The quantitative estimate of drug-likeness (QED) is 0.622. The normalized spacial score (nSPS) is 10.5. The summed E-state index contributed by atoms with van der Waals surface area (Å²) >= 11 is 3.43. The average Bonchev–Trinajstić information content (AvgIpc) is 2.69. The fourth-order valence-electron chi connectivity index (χ4n) is 2.47. The molecule has 21 heavy (non-hydrogen) atoms. The second kappa shape index (κ2) is 6.26. The Morgan fingerprint density at radius 3 is 2.62 bits per heavy atom. The van der Waals surface area contributed by atoms with Crippen LogP contribution in [0, 0.1) is 13.8 Å². The Balaban J connectivity index is 2.69. The molecular weight excluding hydrogens is 334 g/mol. The van der Waals surface area contributed by atoms with Gasteiger partial charge in [-0.3, -0.25) is 4.79 Å². The summed E-state index contributed by atoms with van der Waals surface area (Å²) in [7, 11) is 0. The zero-order valence-electron chi connectivity index (χ0n) is 12.1. The Bertz CT molecular complexity index is 704. The number of aldehydes is 1. The number of benzene rings is 1. The predicted octanol–water partition coefficient (Wildman–Crippen LogP) is 3.85. The van der Waals surface area contributed by atoms with Crippen molar-refractivity contribution < 1.29 is 14.3 Å². The van der Waals surface area contributed by atoms with Crippen LogP contribution in [0.3, 0.4) is 0 Å². The number of carbonyl (C=O) groups excluding carboxylic acids is 2. The number of hydrogen-bond donors (Lipinski definition) is 0. The highest BCUT2D eigenvalue weighted by molar-refractivity contribution is 9.10. The molecule has 0 aliphatic rings. The van der Waals surface area contributed by atoms with Crippen molar-refractivity contribution >= 4 is 28.2 Å². The molecule has 0 atom stereocenters. The van der Waals surface area contributed by atoms with E-state index in [1.54, 1.807) is 6.92 Å². The van der Waals surface area contributed by atoms with Crippen molar-refractivity contribution in [3.8, 4) is 5.69 Å². The van der Waals surface area contributed by atoms with Gasteiger partial charge in [0.2, 0.25) is 0 Å². The van der Waals surface area contributed by atoms with Crippen LogP contribution in [-0.2, 0) is 4.74 Å². The van der Waals surface area contributed by atoms with E-state index in [1.165, 1.54) is 0 Å². The van der Waals surface area contributed by atoms with Crippen LogP contribution in [-0.4, -0.2) is 23.4 Å². The SMILES string of the molecule is CCOC(=O)c1c(C=O)c(C)n(-c2cccc(Br)c2)c1C. The Morgan fingerprint density at radius 2 is 2.05 bits per heavy atom. The average molecular weight is 350 g/mol. The summed E-state index contributed by atoms with van der Waals surface area (Å²) in [4.78, 5) is 23.5. The molecule has 1 heterocycles. The molecule has 110 valence electrons. The standard InChI is InChI=1S/C16H16BrNO3/c1-4-21-16(20)15-11(3)18(10(2)14(15)9-19)13-7-5-6-12(17)8-13/h5-9H,4H2,1-3H3. The molecule has 0 fully saturated rings. The second-order valence-electron chi connectivity index (χ2n) is 4.61. The number of nitrogens with zero attached hydrogens (tertiary/aromatic N) is 1. The number of esters is 1. The first-order valence-electron chi connectivity index (χ1n) is 6.61. The Hall–Kier alpha value is -1.88. The highest BCUT2D eigenvalue weighted by atomic mass is 79.9. The molecule has 0 unspecified atom stereocenters. The van der Waals surface area contributed by atoms with Crippen LogP contribution in [0.2, 0.25) is 0 Å². The van der Waals surface area contributed by atoms with Gasteiger partial charge >= 0.3 is 5.97 Å². The van der Waals surface area contributed by atoms with Crippen LogP contribution < -0.4 is 0 Å². The second-order valence-corrected chi connectivity index (χ2v) is 5.53. The number of aromatic nitrogens is 1. The first-order valence-corrected chi connectivity index (χ1v) is 7.40. The van der Waals surface area contributed by atoms with Gasteiger partial charge in [-0.25, -0.2) is 4.79 Å². The minimum Gasteiger partial charge on any atom is -0.462 e. The van der Waals surface area contributed by atoms with E-state index in [-0.39, 0.29) is 6.61 Å². The van der Waals surface area contributed by atoms with Gasteiger partial charge in [0, 0.05) is 21.5 Å². The van der Waals surface area contributed by atoms with Gasteiger partial charge in [-0.2, -0.15) is 0 Å². The van der Waals surface area contributed by atoms with Crippen LogP contribution in [0.15, 0.2) is 28.7 Å². The smallest absolute Gasteiger partial charge is 0.340 e. The summed E-state index contributed by atoms with van der Waals surface area (Å²) in [6.07, 6.45) is 0.711. The van der Waals surface area contributed by atoms with Gasteiger partial charge in [0.1, 0.15) is 0 Å². The van der Waals surface area contributed by atoms with Gasteiger partial charge in [-0.15, -0.1) is 0 Å². The molecule has 0 saturated carbocycles. The number of carbonyl (C=O) groups is 2. The van der Waals surface area contributed by atoms with Crippen molar-refractivity contribution in [2.45, 2.75) is 20.8 Å². The first-order chi connectivity index (χ1) is 10.0. The van der Waals surface area contributed by atoms with E-state index in [0.717, 1.165) is 15.9 Å². The molecule has 0 radical (unpaired) electrons. The van der Waals surface area contributed by atoms with E-state index in [1.807, 2.05) is 42.7 Å². The van der Waals surface area contributed by atoms with Gasteiger partial charge < -0.3 is 9.30 Å². The molecule has 0 spiro atoms. The number of rotatable bonds is 4. The molecule has 0 amide bonds. The van der Waals surface area contributed by atoms with Gasteiger partial charge in [0.05, 0.1) is 17.7 Å². The zero-order valence-corrected chi connectivity index (χ0v) is 13.7. The fraction of sp³-hybridized carbons (Fsp3) is 0.250. The summed E-state index contributed by atoms with van der Waals surface area (Å²) < 4.78 is 7.88. The molecule has 2 aromatic rings. The van der Waals surface area contributed by atoms with Gasteiger partial charge in [0.25, 0.3) is 0 Å². The van der Waals surface area contributed by atoms with Gasteiger partial charge in [-0.1, -0.05) is 22.0 Å². The van der Waals surface area contributed by atoms with E-state index in [2.05, 4.69) is 15.9 Å². The maximum Gasteiger partial charge on any atom is 0.340 e. The minimum atomic E-state index is -0.464. The van der Waals surface area contributed by atoms with Crippen LogP contribution >= 0.6 is 15.9 Å². The summed E-state index contributed by atoms with van der Waals surface area (Å²) in [6.45, 7) is 5.65. The third-order valence-electron chi connectivity index (χ3n) is 3.36. The van der Waals surface area contributed by atoms with Crippen molar-refractivity contribution in [2.24, 2.45) is 0 Å². The maximum atomic E-state index is 12.1. The molecule has 2 rings (SSSR count).